The van der Waals surface area contributed by atoms with Crippen molar-refractivity contribution < 1.29 is 19.2 Å². The maximum atomic E-state index is 13.4. The molecule has 1 aliphatic heterocycles. The number of aliphatic hydroxyl groups excluding tert-OH is 1. The highest BCUT2D eigenvalue weighted by atomic mass is 16.5. The Hall–Kier alpha value is -3.40. The van der Waals surface area contributed by atoms with Crippen LogP contribution in [-0.4, -0.2) is 28.4 Å². The van der Waals surface area contributed by atoms with Gasteiger partial charge in [-0.1, -0.05) is 30.8 Å². The molecular formula is C26H26NO3+. The standard InChI is InChI=1S/C26H25NO3/c1-15-13-19(17(3)28)14-16(2)23(15)30-25(29)24-26(4,5)22-20-10-8-7-9-18(20)11-12-21(22)27(24)6/h7-14H,3H2,1-2,4-6H3/p+1. The van der Waals surface area contributed by atoms with Gasteiger partial charge in [-0.2, -0.15) is 4.58 Å². The third kappa shape index (κ3) is 2.91. The molecule has 0 atom stereocenters. The maximum absolute atomic E-state index is 13.4. The van der Waals surface area contributed by atoms with Gasteiger partial charge in [0, 0.05) is 17.2 Å². The van der Waals surface area contributed by atoms with Gasteiger partial charge in [0.15, 0.2) is 0 Å². The van der Waals surface area contributed by atoms with E-state index in [1.54, 1.807) is 12.1 Å². The highest BCUT2D eigenvalue weighted by Crippen LogP contribution is 2.43. The van der Waals surface area contributed by atoms with Crippen LogP contribution in [0.2, 0.25) is 0 Å². The van der Waals surface area contributed by atoms with E-state index < -0.39 is 5.41 Å². The summed E-state index contributed by atoms with van der Waals surface area (Å²) in [5, 5.41) is 12.0. The van der Waals surface area contributed by atoms with Crippen LogP contribution in [0.5, 0.6) is 5.75 Å². The molecule has 1 heterocycles. The second-order valence-corrected chi connectivity index (χ2v) is 8.49. The third-order valence-corrected chi connectivity index (χ3v) is 6.00. The summed E-state index contributed by atoms with van der Waals surface area (Å²) in [7, 11) is 1.91. The quantitative estimate of drug-likeness (QED) is 0.270. The summed E-state index contributed by atoms with van der Waals surface area (Å²) in [6.07, 6.45) is 0. The lowest BCUT2D eigenvalue weighted by Gasteiger charge is -2.19. The number of aliphatic hydroxyl groups is 1. The lowest BCUT2D eigenvalue weighted by Crippen LogP contribution is -2.38. The summed E-state index contributed by atoms with van der Waals surface area (Å²) >= 11 is 0. The van der Waals surface area contributed by atoms with Gasteiger partial charge in [-0.3, -0.25) is 0 Å². The van der Waals surface area contributed by atoms with Crippen LogP contribution in [0.25, 0.3) is 16.5 Å². The van der Waals surface area contributed by atoms with Crippen LogP contribution in [0.4, 0.5) is 5.69 Å². The van der Waals surface area contributed by atoms with Crippen LogP contribution in [0.15, 0.2) is 55.1 Å². The third-order valence-electron chi connectivity index (χ3n) is 6.00. The van der Waals surface area contributed by atoms with Gasteiger partial charge >= 0.3 is 5.97 Å². The van der Waals surface area contributed by atoms with Gasteiger partial charge in [0.05, 0.1) is 5.41 Å². The number of rotatable bonds is 3. The first-order valence-electron chi connectivity index (χ1n) is 9.98. The first-order chi connectivity index (χ1) is 14.1. The fourth-order valence-electron chi connectivity index (χ4n) is 4.67. The molecule has 4 nitrogen and oxygen atoms in total. The van der Waals surface area contributed by atoms with Crippen LogP contribution < -0.4 is 4.74 Å². The SMILES string of the molecule is C=C(O)c1cc(C)c(OC(=O)C2=[N+](C)c3ccc4ccccc4c3C2(C)C)c(C)c1. The Bertz CT molecular complexity index is 1240. The van der Waals surface area contributed by atoms with E-state index in [0.29, 0.717) is 17.0 Å². The second-order valence-electron chi connectivity index (χ2n) is 8.49. The summed E-state index contributed by atoms with van der Waals surface area (Å²) in [4.78, 5) is 13.4. The maximum Gasteiger partial charge on any atom is 0.405 e. The van der Waals surface area contributed by atoms with Gasteiger partial charge < -0.3 is 9.84 Å². The van der Waals surface area contributed by atoms with Crippen LogP contribution >= 0.6 is 0 Å². The van der Waals surface area contributed by atoms with Crippen molar-refractivity contribution in [2.45, 2.75) is 33.1 Å². The molecule has 0 amide bonds. The zero-order chi connectivity index (χ0) is 21.8. The summed E-state index contributed by atoms with van der Waals surface area (Å²) < 4.78 is 7.86. The molecule has 0 bridgehead atoms. The van der Waals surface area contributed by atoms with Crippen molar-refractivity contribution in [3.8, 4) is 5.75 Å². The van der Waals surface area contributed by atoms with Gasteiger partial charge in [-0.15, -0.1) is 0 Å². The van der Waals surface area contributed by atoms with Crippen molar-refractivity contribution in [2.75, 3.05) is 7.05 Å². The Morgan fingerprint density at radius 2 is 1.70 bits per heavy atom. The van der Waals surface area contributed by atoms with E-state index in [-0.39, 0.29) is 11.7 Å². The van der Waals surface area contributed by atoms with Crippen LogP contribution in [0.3, 0.4) is 0 Å². The first kappa shape index (κ1) is 19.9. The number of carbonyl (C=O) groups is 1. The smallest absolute Gasteiger partial charge is 0.405 e. The molecule has 1 N–H and O–H groups in total. The van der Waals surface area contributed by atoms with Gasteiger partial charge in [0.2, 0.25) is 5.69 Å². The van der Waals surface area contributed by atoms with E-state index in [9.17, 15) is 9.90 Å². The van der Waals surface area contributed by atoms with E-state index in [1.807, 2.05) is 37.6 Å². The number of carbonyl (C=O) groups excluding carboxylic acids is 1. The van der Waals surface area contributed by atoms with E-state index >= 15 is 0 Å². The molecule has 1 aliphatic rings. The Labute approximate surface area is 176 Å². The lowest BCUT2D eigenvalue weighted by atomic mass is 9.79. The van der Waals surface area contributed by atoms with Gasteiger partial charge in [-0.25, -0.2) is 4.79 Å². The molecule has 0 aromatic heterocycles. The minimum atomic E-state index is -0.511. The van der Waals surface area contributed by atoms with Crippen LogP contribution in [0.1, 0.15) is 36.1 Å². The molecule has 3 aromatic rings. The minimum absolute atomic E-state index is 0.00700. The molecule has 3 aromatic carbocycles. The summed E-state index contributed by atoms with van der Waals surface area (Å²) in [5.74, 6) is 0.138. The second kappa shape index (κ2) is 6.84. The monoisotopic (exact) mass is 400 g/mol. The number of hydrogen-bond donors (Lipinski definition) is 1. The summed E-state index contributed by atoms with van der Waals surface area (Å²) in [5.41, 5.74) is 4.41. The predicted octanol–water partition coefficient (Wildman–Crippen LogP) is 5.60. The Morgan fingerprint density at radius 1 is 1.07 bits per heavy atom. The molecule has 152 valence electrons. The average Bonchev–Trinajstić information content (AvgIpc) is 2.90. The molecule has 0 saturated carbocycles. The Kier molecular flexibility index (Phi) is 4.53. The van der Waals surface area contributed by atoms with Crippen molar-refractivity contribution in [3.05, 3.63) is 77.4 Å². The number of hydrogen-bond acceptors (Lipinski definition) is 3. The van der Waals surface area contributed by atoms with E-state index in [2.05, 4.69) is 44.7 Å². The predicted molar refractivity (Wildman–Crippen MR) is 121 cm³/mol. The summed E-state index contributed by atoms with van der Waals surface area (Å²) in [6.45, 7) is 11.4. The number of aryl methyl sites for hydroxylation is 2. The lowest BCUT2D eigenvalue weighted by molar-refractivity contribution is -0.402. The van der Waals surface area contributed by atoms with Crippen molar-refractivity contribution in [2.24, 2.45) is 0 Å². The van der Waals surface area contributed by atoms with E-state index in [1.165, 1.54) is 0 Å². The van der Waals surface area contributed by atoms with Crippen molar-refractivity contribution in [1.82, 2.24) is 0 Å². The molecule has 0 saturated heterocycles. The van der Waals surface area contributed by atoms with Crippen molar-refractivity contribution in [1.29, 1.82) is 0 Å². The summed E-state index contributed by atoms with van der Waals surface area (Å²) in [6, 6.07) is 15.9. The van der Waals surface area contributed by atoms with Crippen molar-refractivity contribution >= 4 is 33.9 Å². The number of fused-ring (bicyclic) bond motifs is 3. The molecular weight excluding hydrogens is 374 g/mol. The largest absolute Gasteiger partial charge is 0.508 e. The van der Waals surface area contributed by atoms with E-state index in [4.69, 9.17) is 4.74 Å². The number of nitrogens with zero attached hydrogens (tertiary/aromatic N) is 1. The highest BCUT2D eigenvalue weighted by Gasteiger charge is 2.50. The molecule has 4 heteroatoms. The number of ether oxygens (including phenoxy) is 1. The Balaban J connectivity index is 1.78. The molecule has 0 spiro atoms. The molecule has 0 radical (unpaired) electrons. The zero-order valence-electron chi connectivity index (χ0n) is 18.0. The fourth-order valence-corrected chi connectivity index (χ4v) is 4.67. The topological polar surface area (TPSA) is 49.5 Å². The van der Waals surface area contributed by atoms with Gasteiger partial charge in [0.25, 0.3) is 5.71 Å². The van der Waals surface area contributed by atoms with Crippen LogP contribution in [0, 0.1) is 13.8 Å². The Morgan fingerprint density at radius 3 is 2.33 bits per heavy atom. The minimum Gasteiger partial charge on any atom is -0.508 e. The first-order valence-corrected chi connectivity index (χ1v) is 9.98. The molecule has 0 aliphatic carbocycles. The molecule has 4 rings (SSSR count). The van der Waals surface area contributed by atoms with Crippen molar-refractivity contribution in [3.63, 3.8) is 0 Å². The molecule has 0 fully saturated rings. The molecule has 0 unspecified atom stereocenters. The van der Waals surface area contributed by atoms with Crippen LogP contribution in [-0.2, 0) is 10.2 Å². The fraction of sp³-hybridized carbons (Fsp3) is 0.231. The average molecular weight is 400 g/mol. The molecule has 30 heavy (non-hydrogen) atoms. The van der Waals surface area contributed by atoms with E-state index in [0.717, 1.165) is 33.2 Å². The number of benzene rings is 3. The zero-order valence-corrected chi connectivity index (χ0v) is 18.0. The normalized spacial score (nSPS) is 14.7. The number of esters is 1. The van der Waals surface area contributed by atoms with Gasteiger partial charge in [0.1, 0.15) is 18.6 Å². The van der Waals surface area contributed by atoms with Gasteiger partial charge in [-0.05, 0) is 67.8 Å². The highest BCUT2D eigenvalue weighted by molar-refractivity contribution is 6.40.